The van der Waals surface area contributed by atoms with Crippen molar-refractivity contribution in [1.82, 2.24) is 20.6 Å². The maximum Gasteiger partial charge on any atom is 0.222 e. The minimum Gasteiger partial charge on any atom is -0.446 e. The minimum atomic E-state index is -0.528. The van der Waals surface area contributed by atoms with Crippen LogP contribution >= 0.6 is 11.6 Å². The van der Waals surface area contributed by atoms with Crippen molar-refractivity contribution in [1.29, 1.82) is 0 Å². The second-order valence-corrected chi connectivity index (χ2v) is 13.6. The molecule has 2 amide bonds. The summed E-state index contributed by atoms with van der Waals surface area (Å²) in [4.78, 5) is 51.0. The average molecular weight is 1250 g/mol. The van der Waals surface area contributed by atoms with Crippen LogP contribution in [0.15, 0.2) is 8.83 Å². The Kier molecular flexibility index (Phi) is 58.2. The third-order valence-electron chi connectivity index (χ3n) is 7.59. The molecule has 2 heterocycles. The van der Waals surface area contributed by atoms with Crippen LogP contribution in [0, 0.1) is 88.9 Å². The van der Waals surface area contributed by atoms with Gasteiger partial charge in [0.05, 0.1) is 35.7 Å². The summed E-state index contributed by atoms with van der Waals surface area (Å²) in [7, 11) is 0. The molecule has 0 saturated heterocycles. The molecule has 2 rings (SSSR count). The minimum absolute atomic E-state index is 0. The van der Waals surface area contributed by atoms with E-state index in [4.69, 9.17) is 62.1 Å². The molecule has 2 aromatic heterocycles. The largest absolute Gasteiger partial charge is 0.446 e. The number of carbonyl (C=O) groups is 4. The number of rotatable bonds is 15. The molecular formula is C48H74ClN5O8W2. The summed E-state index contributed by atoms with van der Waals surface area (Å²) < 4.78 is 10.7. The quantitative estimate of drug-likeness (QED) is 0.0927. The molecular weight excluding hydrogens is 1180 g/mol. The molecule has 64 heavy (non-hydrogen) atoms. The number of hydrogen-bond donors (Lipinski definition) is 5. The van der Waals surface area contributed by atoms with Gasteiger partial charge in [-0.1, -0.05) is 13.8 Å². The van der Waals surface area contributed by atoms with Crippen molar-refractivity contribution in [2.24, 2.45) is 5.73 Å². The number of halogens is 1. The molecule has 6 N–H and O–H groups in total. The topological polar surface area (TPSA) is 211 Å². The maximum atomic E-state index is 11.0. The van der Waals surface area contributed by atoms with E-state index in [9.17, 15) is 19.2 Å². The van der Waals surface area contributed by atoms with Gasteiger partial charge in [0.1, 0.15) is 11.5 Å². The predicted octanol–water partition coefficient (Wildman–Crippen LogP) is 6.78. The summed E-state index contributed by atoms with van der Waals surface area (Å²) in [5.41, 5.74) is 7.12. The Labute approximate surface area is 419 Å². The summed E-state index contributed by atoms with van der Waals surface area (Å²) in [6, 6.07) is -0.712. The van der Waals surface area contributed by atoms with Gasteiger partial charge in [-0.15, -0.1) is 61.2 Å². The zero-order valence-corrected chi connectivity index (χ0v) is 46.9. The summed E-state index contributed by atoms with van der Waals surface area (Å²) >= 11 is 4.92. The summed E-state index contributed by atoms with van der Waals surface area (Å²) in [6.45, 7) is 23.5. The van der Waals surface area contributed by atoms with Crippen LogP contribution in [-0.4, -0.2) is 73.4 Å². The number of ketones is 1. The van der Waals surface area contributed by atoms with Gasteiger partial charge in [0.2, 0.25) is 17.1 Å². The molecule has 13 nitrogen and oxygen atoms in total. The number of hydrogen-bond acceptors (Lipinski definition) is 11. The van der Waals surface area contributed by atoms with Crippen LogP contribution in [0.4, 0.5) is 0 Å². The second kappa shape index (κ2) is 50.1. The van der Waals surface area contributed by atoms with E-state index in [1.54, 1.807) is 34.6 Å². The first kappa shape index (κ1) is 74.4. The van der Waals surface area contributed by atoms with Crippen LogP contribution in [0.2, 0.25) is 0 Å². The molecule has 0 aliphatic heterocycles. The van der Waals surface area contributed by atoms with E-state index in [1.807, 2.05) is 48.5 Å². The number of terminal acetylenes is 4. The molecule has 2 aromatic rings. The fourth-order valence-electron chi connectivity index (χ4n) is 3.17. The Morgan fingerprint density at radius 1 is 0.688 bits per heavy atom. The molecule has 0 radical (unpaired) electrons. The monoisotopic (exact) mass is 1250 g/mol. The fraction of sp³-hybridized carbons (Fsp3) is 0.583. The van der Waals surface area contributed by atoms with Crippen LogP contribution in [-0.2, 0) is 74.2 Å². The number of aliphatic hydroxyl groups excluding tert-OH is 2. The van der Waals surface area contributed by atoms with Crippen LogP contribution in [0.3, 0.4) is 0 Å². The van der Waals surface area contributed by atoms with E-state index in [-0.39, 0.29) is 96.0 Å². The molecule has 0 spiro atoms. The number of nitrogens with two attached hydrogens (primary N) is 1. The molecule has 5 unspecified atom stereocenters. The van der Waals surface area contributed by atoms with E-state index in [2.05, 4.69) is 56.1 Å². The standard InChI is InChI=1S/C10H13NO.C9H15NO2.C9H13NO2.C9H11NO.C5H5ClO.C4H11NO.C2H6.2W/c1-4-5-6-7-10-11-8(2)9(3)12-10;2*1-4-5-6-9(12)10-7(2)8(3)11;1-4-5-6-9-10-7(2)8(3)11-9;1-2-3-4-5(6)7;1-3(5)4(2)6;1-2;;/h6-7H2,1-3H3;1,7-8,11H,5-6H2,2-3H3,(H,10,12);1,7H,5-6H2,2-3H3,(H,10,12);1H,5-6H2,2-3H3;1H,3-4H2;3-4,6H,5H2,1-2H3;1-2H3;;. The fourth-order valence-corrected chi connectivity index (χ4v) is 3.26. The van der Waals surface area contributed by atoms with E-state index in [0.717, 1.165) is 54.0 Å². The normalized spacial score (nSPS) is 11.0. The number of nitrogens with zero attached hydrogens (tertiary/aromatic N) is 2. The van der Waals surface area contributed by atoms with Crippen molar-refractivity contribution in [2.75, 3.05) is 0 Å². The number of amides is 2. The van der Waals surface area contributed by atoms with Gasteiger partial charge < -0.3 is 35.4 Å². The molecule has 0 aliphatic rings. The van der Waals surface area contributed by atoms with Gasteiger partial charge in [0.15, 0.2) is 17.6 Å². The third-order valence-corrected chi connectivity index (χ3v) is 7.78. The van der Waals surface area contributed by atoms with Crippen LogP contribution in [0.1, 0.15) is 148 Å². The molecule has 0 saturated carbocycles. The van der Waals surface area contributed by atoms with E-state index in [1.165, 1.54) is 6.92 Å². The van der Waals surface area contributed by atoms with Crippen LogP contribution in [0.5, 0.6) is 0 Å². The Balaban J connectivity index is -0.000000122. The Bertz CT molecular complexity index is 1720. The molecule has 16 heteroatoms. The van der Waals surface area contributed by atoms with Gasteiger partial charge in [0.25, 0.3) is 0 Å². The van der Waals surface area contributed by atoms with Gasteiger partial charge in [-0.05, 0) is 87.8 Å². The van der Waals surface area contributed by atoms with Gasteiger partial charge in [-0.3, -0.25) is 19.2 Å². The molecule has 0 aromatic carbocycles. The smallest absolute Gasteiger partial charge is 0.222 e. The maximum absolute atomic E-state index is 11.0. The van der Waals surface area contributed by atoms with Gasteiger partial charge >= 0.3 is 0 Å². The Hall–Kier alpha value is -3.95. The SMILES string of the molecule is C#CCCC(=O)Cl.C#CCCC(=O)NC(C)C(C)=O.C#CCCC(=O)NC(C)C(C)O.C#CCCc1nc(C)c(C)o1.CC.CC#CCCc1nc(C)c(C)o1.CC(N)C(C)O.[W].[W]. The molecule has 5 atom stereocenters. The second-order valence-electron chi connectivity index (χ2n) is 13.2. The zero-order chi connectivity index (χ0) is 49.2. The van der Waals surface area contributed by atoms with Crippen molar-refractivity contribution in [2.45, 2.75) is 185 Å². The first-order valence-corrected chi connectivity index (χ1v) is 20.8. The van der Waals surface area contributed by atoms with Crippen molar-refractivity contribution < 1.29 is 80.4 Å². The third kappa shape index (κ3) is 50.7. The van der Waals surface area contributed by atoms with E-state index in [0.29, 0.717) is 32.1 Å². The van der Waals surface area contributed by atoms with E-state index < -0.39 is 12.1 Å². The van der Waals surface area contributed by atoms with Crippen molar-refractivity contribution in [3.8, 4) is 61.2 Å². The van der Waals surface area contributed by atoms with Crippen LogP contribution in [0.25, 0.3) is 0 Å². The number of oxazole rings is 2. The summed E-state index contributed by atoms with van der Waals surface area (Å²) in [6.07, 6.45) is 24.3. The number of aryl methyl sites for hydroxylation is 6. The Morgan fingerprint density at radius 2 is 1.05 bits per heavy atom. The summed E-state index contributed by atoms with van der Waals surface area (Å²) in [5.74, 6) is 18.4. The number of carbonyl (C=O) groups excluding carboxylic acids is 4. The molecule has 0 fully saturated rings. The van der Waals surface area contributed by atoms with Gasteiger partial charge in [0, 0.05) is 112 Å². The molecule has 0 aliphatic carbocycles. The number of aromatic nitrogens is 2. The zero-order valence-electron chi connectivity index (χ0n) is 40.3. The Morgan fingerprint density at radius 3 is 1.31 bits per heavy atom. The van der Waals surface area contributed by atoms with Crippen LogP contribution < -0.4 is 16.4 Å². The van der Waals surface area contributed by atoms with Gasteiger partial charge in [-0.25, -0.2) is 9.97 Å². The van der Waals surface area contributed by atoms with E-state index >= 15 is 0 Å². The molecule has 0 bridgehead atoms. The average Bonchev–Trinajstić information content (AvgIpc) is 3.72. The van der Waals surface area contributed by atoms with Crippen molar-refractivity contribution >= 4 is 34.4 Å². The molecule has 358 valence electrons. The van der Waals surface area contributed by atoms with Crippen molar-refractivity contribution in [3.05, 3.63) is 34.7 Å². The first-order valence-electron chi connectivity index (χ1n) is 20.4. The summed E-state index contributed by atoms with van der Waals surface area (Å²) in [5, 5.41) is 22.3. The van der Waals surface area contributed by atoms with Crippen molar-refractivity contribution in [3.63, 3.8) is 0 Å². The van der Waals surface area contributed by atoms with Gasteiger partial charge in [-0.2, -0.15) is 0 Å². The number of aliphatic hydroxyl groups is 2. The first-order chi connectivity index (χ1) is 29.0. The number of Topliss-reactive ketones (excluding diaryl/α,β-unsaturated/α-hetero) is 1. The number of nitrogens with one attached hydrogen (secondary N) is 2. The predicted molar refractivity (Wildman–Crippen MR) is 250 cm³/mol.